The SMILES string of the molecule is CN(C)CCNc1nc(NCCN(C)C)nc(Nc2ccc(Nc3ccc(NC(=O)c4ccc5c(c4)C(=O)C4=CCCC=C4C5=O)cc3)cc2)n1. The maximum Gasteiger partial charge on any atom is 0.255 e. The molecule has 6 rings (SSSR count). The highest BCUT2D eigenvalue weighted by Crippen LogP contribution is 2.33. The molecule has 5 N–H and O–H groups in total. The number of amides is 1. The second-order valence-corrected chi connectivity index (χ2v) is 12.9. The van der Waals surface area contributed by atoms with Gasteiger partial charge in [0.1, 0.15) is 0 Å². The van der Waals surface area contributed by atoms with Gasteiger partial charge in [0.2, 0.25) is 17.8 Å². The lowest BCUT2D eigenvalue weighted by molar-refractivity contribution is 0.0970. The first kappa shape index (κ1) is 34.9. The van der Waals surface area contributed by atoms with Gasteiger partial charge in [0, 0.05) is 76.8 Å². The van der Waals surface area contributed by atoms with Crippen LogP contribution >= 0.6 is 0 Å². The zero-order valence-electron chi connectivity index (χ0n) is 29.2. The molecule has 0 unspecified atom stereocenters. The Morgan fingerprint density at radius 2 is 1.08 bits per heavy atom. The molecule has 13 nitrogen and oxygen atoms in total. The molecule has 0 radical (unpaired) electrons. The molecular weight excluding hydrogens is 644 g/mol. The molecule has 1 heterocycles. The summed E-state index contributed by atoms with van der Waals surface area (Å²) < 4.78 is 0. The molecule has 2 aliphatic carbocycles. The van der Waals surface area contributed by atoms with Crippen molar-refractivity contribution in [2.24, 2.45) is 0 Å². The number of benzene rings is 3. The van der Waals surface area contributed by atoms with Crippen molar-refractivity contribution in [3.05, 3.63) is 107 Å². The number of anilines is 7. The second kappa shape index (κ2) is 15.7. The van der Waals surface area contributed by atoms with E-state index in [-0.39, 0.29) is 23.0 Å². The number of aromatic nitrogens is 3. The molecule has 1 amide bonds. The van der Waals surface area contributed by atoms with Gasteiger partial charge in [-0.2, -0.15) is 15.0 Å². The minimum Gasteiger partial charge on any atom is -0.356 e. The Hall–Kier alpha value is -5.92. The van der Waals surface area contributed by atoms with Crippen LogP contribution in [0.25, 0.3) is 0 Å². The fraction of sp³-hybridized carbons (Fsp3) is 0.263. The van der Waals surface area contributed by atoms with Gasteiger partial charge in [-0.15, -0.1) is 0 Å². The molecule has 0 atom stereocenters. The third kappa shape index (κ3) is 8.82. The number of Topliss-reactive ketones (excluding diaryl/α,β-unsaturated/α-hetero) is 2. The number of hydrogen-bond acceptors (Lipinski definition) is 12. The van der Waals surface area contributed by atoms with Gasteiger partial charge in [0.25, 0.3) is 5.91 Å². The number of nitrogens with zero attached hydrogens (tertiary/aromatic N) is 5. The molecule has 3 aromatic carbocycles. The number of fused-ring (bicyclic) bond motifs is 2. The summed E-state index contributed by atoms with van der Waals surface area (Å²) in [5.74, 6) is 0.642. The summed E-state index contributed by atoms with van der Waals surface area (Å²) in [6.07, 6.45) is 5.09. The molecule has 0 aliphatic heterocycles. The average molecular weight is 687 g/mol. The van der Waals surface area contributed by atoms with E-state index >= 15 is 0 Å². The molecule has 0 bridgehead atoms. The standard InChI is InChI=1S/C38H42N10O3/c1-47(2)21-19-39-36-44-37(40-20-22-48(3)4)46-38(45-36)43-28-16-12-26(13-17-28)41-25-10-14-27(15-11-25)42-35(51)24-9-18-31-32(23-24)34(50)30-8-6-5-7-29(30)33(31)49/h7-18,23,41H,5-6,19-22H2,1-4H3,(H,42,51)(H3,39,40,43,44,45,46). The number of nitrogens with one attached hydrogen (secondary N) is 5. The maximum atomic E-state index is 13.1. The van der Waals surface area contributed by atoms with Crippen LogP contribution in [-0.4, -0.2) is 96.6 Å². The molecule has 4 aromatic rings. The molecule has 51 heavy (non-hydrogen) atoms. The number of ketones is 2. The lowest BCUT2D eigenvalue weighted by atomic mass is 9.79. The Morgan fingerprint density at radius 1 is 0.608 bits per heavy atom. The van der Waals surface area contributed by atoms with Crippen LogP contribution in [-0.2, 0) is 0 Å². The van der Waals surface area contributed by atoms with Crippen molar-refractivity contribution in [2.75, 3.05) is 81.0 Å². The molecule has 0 saturated carbocycles. The smallest absolute Gasteiger partial charge is 0.255 e. The van der Waals surface area contributed by atoms with Gasteiger partial charge in [0.15, 0.2) is 11.6 Å². The average Bonchev–Trinajstić information content (AvgIpc) is 3.11. The van der Waals surface area contributed by atoms with Crippen LogP contribution in [0.4, 0.5) is 40.6 Å². The Balaban J connectivity index is 1.06. The van der Waals surface area contributed by atoms with E-state index in [0.29, 0.717) is 58.9 Å². The monoisotopic (exact) mass is 686 g/mol. The third-order valence-electron chi connectivity index (χ3n) is 8.31. The number of allylic oxidation sites excluding steroid dienone is 4. The molecule has 1 aromatic heterocycles. The van der Waals surface area contributed by atoms with E-state index in [2.05, 4.69) is 51.3 Å². The van der Waals surface area contributed by atoms with Gasteiger partial charge < -0.3 is 36.4 Å². The van der Waals surface area contributed by atoms with Crippen LogP contribution in [0.3, 0.4) is 0 Å². The molecule has 0 fully saturated rings. The minimum absolute atomic E-state index is 0.171. The van der Waals surface area contributed by atoms with Crippen LogP contribution in [0, 0.1) is 0 Å². The number of rotatable bonds is 14. The van der Waals surface area contributed by atoms with Gasteiger partial charge in [-0.1, -0.05) is 12.2 Å². The van der Waals surface area contributed by atoms with E-state index in [1.54, 1.807) is 24.3 Å². The lowest BCUT2D eigenvalue weighted by Crippen LogP contribution is -2.25. The van der Waals surface area contributed by atoms with E-state index in [4.69, 9.17) is 0 Å². The highest BCUT2D eigenvalue weighted by molar-refractivity contribution is 6.31. The third-order valence-corrected chi connectivity index (χ3v) is 8.31. The van der Waals surface area contributed by atoms with Gasteiger partial charge in [-0.3, -0.25) is 14.4 Å². The summed E-state index contributed by atoms with van der Waals surface area (Å²) in [6, 6.07) is 19.7. The highest BCUT2D eigenvalue weighted by Gasteiger charge is 2.33. The first-order valence-corrected chi connectivity index (χ1v) is 16.9. The Morgan fingerprint density at radius 3 is 1.61 bits per heavy atom. The Bertz CT molecular complexity index is 1950. The Labute approximate surface area is 297 Å². The van der Waals surface area contributed by atoms with Gasteiger partial charge in [-0.25, -0.2) is 0 Å². The first-order valence-electron chi connectivity index (χ1n) is 16.9. The van der Waals surface area contributed by atoms with Gasteiger partial charge >= 0.3 is 0 Å². The van der Waals surface area contributed by atoms with Gasteiger partial charge in [-0.05, 0) is 108 Å². The molecule has 0 saturated heterocycles. The fourth-order valence-electron chi connectivity index (χ4n) is 5.61. The van der Waals surface area contributed by atoms with E-state index in [9.17, 15) is 14.4 Å². The molecular formula is C38H42N10O3. The number of likely N-dealkylation sites (N-methyl/N-ethyl adjacent to an activating group) is 2. The molecule has 262 valence electrons. The van der Waals surface area contributed by atoms with E-state index in [1.165, 1.54) is 6.07 Å². The fourth-order valence-corrected chi connectivity index (χ4v) is 5.61. The second-order valence-electron chi connectivity index (χ2n) is 12.9. The summed E-state index contributed by atoms with van der Waals surface area (Å²) >= 11 is 0. The van der Waals surface area contributed by atoms with Crippen molar-refractivity contribution in [2.45, 2.75) is 12.8 Å². The van der Waals surface area contributed by atoms with Gasteiger partial charge in [0.05, 0.1) is 0 Å². The highest BCUT2D eigenvalue weighted by atomic mass is 16.2. The van der Waals surface area contributed by atoms with Crippen molar-refractivity contribution in [3.8, 4) is 0 Å². The molecule has 2 aliphatic rings. The zero-order chi connectivity index (χ0) is 35.9. The summed E-state index contributed by atoms with van der Waals surface area (Å²) in [4.78, 5) is 57.0. The van der Waals surface area contributed by atoms with E-state index in [0.717, 1.165) is 43.0 Å². The Kier molecular flexibility index (Phi) is 10.8. The van der Waals surface area contributed by atoms with Crippen LogP contribution in [0.5, 0.6) is 0 Å². The quantitative estimate of drug-likeness (QED) is 0.112. The summed E-state index contributed by atoms with van der Waals surface area (Å²) in [5.41, 5.74) is 4.90. The molecule has 13 heteroatoms. The van der Waals surface area contributed by atoms with Crippen molar-refractivity contribution >= 4 is 58.1 Å². The largest absolute Gasteiger partial charge is 0.356 e. The zero-order valence-corrected chi connectivity index (χ0v) is 29.2. The van der Waals surface area contributed by atoms with Crippen LogP contribution in [0.1, 0.15) is 43.9 Å². The predicted octanol–water partition coefficient (Wildman–Crippen LogP) is 5.58. The minimum atomic E-state index is -0.369. The van der Waals surface area contributed by atoms with Crippen LogP contribution in [0.2, 0.25) is 0 Å². The van der Waals surface area contributed by atoms with Crippen molar-refractivity contribution in [1.82, 2.24) is 24.8 Å². The van der Waals surface area contributed by atoms with E-state index in [1.807, 2.05) is 76.7 Å². The number of hydrogen-bond donors (Lipinski definition) is 5. The topological polar surface area (TPSA) is 157 Å². The summed E-state index contributed by atoms with van der Waals surface area (Å²) in [7, 11) is 8.05. The predicted molar refractivity (Wildman–Crippen MR) is 202 cm³/mol. The van der Waals surface area contributed by atoms with Crippen molar-refractivity contribution in [3.63, 3.8) is 0 Å². The van der Waals surface area contributed by atoms with E-state index < -0.39 is 0 Å². The summed E-state index contributed by atoms with van der Waals surface area (Å²) in [6.45, 7) is 3.06. The first-order chi connectivity index (χ1) is 24.6. The van der Waals surface area contributed by atoms with Crippen molar-refractivity contribution in [1.29, 1.82) is 0 Å². The number of carbonyl (C=O) groups excluding carboxylic acids is 3. The lowest BCUT2D eigenvalue weighted by Gasteiger charge is -2.22. The van der Waals surface area contributed by atoms with Crippen molar-refractivity contribution < 1.29 is 14.4 Å². The number of carbonyl (C=O) groups is 3. The maximum absolute atomic E-state index is 13.1. The normalized spacial score (nSPS) is 13.6. The van der Waals surface area contributed by atoms with Crippen LogP contribution < -0.4 is 26.6 Å². The van der Waals surface area contributed by atoms with Crippen LogP contribution in [0.15, 0.2) is 90.0 Å². The molecule has 0 spiro atoms. The summed E-state index contributed by atoms with van der Waals surface area (Å²) in [5, 5.41) is 16.1.